The van der Waals surface area contributed by atoms with Crippen LogP contribution in [-0.4, -0.2) is 47.9 Å². The quantitative estimate of drug-likeness (QED) is 0.808. The zero-order chi connectivity index (χ0) is 16.8. The average molecular weight is 369 g/mol. The molecule has 6 nitrogen and oxygen atoms in total. The number of hydrogen-bond donors (Lipinski definition) is 2. The molecule has 1 aromatic heterocycles. The van der Waals surface area contributed by atoms with Gasteiger partial charge in [-0.25, -0.2) is 14.4 Å². The summed E-state index contributed by atoms with van der Waals surface area (Å²) in [6.45, 7) is 3.87. The molecule has 3 rings (SSSR count). The van der Waals surface area contributed by atoms with Crippen molar-refractivity contribution < 1.29 is 14.2 Å². The van der Waals surface area contributed by atoms with Crippen LogP contribution in [0.25, 0.3) is 0 Å². The SMILES string of the molecule is Cl.OC(CNCc1cnc(N2CCOCC2)nc1)c1cccc(F)c1. The smallest absolute Gasteiger partial charge is 0.225 e. The fourth-order valence-corrected chi connectivity index (χ4v) is 2.55. The Balaban J connectivity index is 0.00000225. The van der Waals surface area contributed by atoms with Crippen LogP contribution in [0.5, 0.6) is 0 Å². The van der Waals surface area contributed by atoms with Crippen molar-refractivity contribution in [3.63, 3.8) is 0 Å². The first-order valence-electron chi connectivity index (χ1n) is 8.00. The Bertz CT molecular complexity index is 653. The van der Waals surface area contributed by atoms with Crippen molar-refractivity contribution in [2.75, 3.05) is 37.7 Å². The number of rotatable bonds is 6. The molecular formula is C17H22ClFN4O2. The molecule has 0 aliphatic carbocycles. The highest BCUT2D eigenvalue weighted by Crippen LogP contribution is 2.13. The van der Waals surface area contributed by atoms with E-state index in [0.717, 1.165) is 18.7 Å². The topological polar surface area (TPSA) is 70.5 Å². The van der Waals surface area contributed by atoms with Crippen LogP contribution in [0.2, 0.25) is 0 Å². The predicted octanol–water partition coefficient (Wildman–Crippen LogP) is 1.70. The Morgan fingerprint density at radius 3 is 2.64 bits per heavy atom. The largest absolute Gasteiger partial charge is 0.387 e. The number of aliphatic hydroxyl groups is 1. The maximum Gasteiger partial charge on any atom is 0.225 e. The lowest BCUT2D eigenvalue weighted by atomic mass is 10.1. The van der Waals surface area contributed by atoms with E-state index in [4.69, 9.17) is 4.74 Å². The first-order chi connectivity index (χ1) is 11.7. The molecule has 1 aromatic carbocycles. The number of anilines is 1. The van der Waals surface area contributed by atoms with Gasteiger partial charge in [0.25, 0.3) is 0 Å². The van der Waals surface area contributed by atoms with Crippen molar-refractivity contribution in [3.8, 4) is 0 Å². The summed E-state index contributed by atoms with van der Waals surface area (Å²) in [6, 6.07) is 5.99. The Kier molecular flexibility index (Phi) is 7.52. The second-order valence-electron chi connectivity index (χ2n) is 5.69. The van der Waals surface area contributed by atoms with Gasteiger partial charge in [0.1, 0.15) is 5.82 Å². The lowest BCUT2D eigenvalue weighted by molar-refractivity contribution is 0.122. The highest BCUT2D eigenvalue weighted by molar-refractivity contribution is 5.85. The fourth-order valence-electron chi connectivity index (χ4n) is 2.55. The maximum atomic E-state index is 13.1. The minimum atomic E-state index is -0.755. The van der Waals surface area contributed by atoms with E-state index in [2.05, 4.69) is 20.2 Å². The summed E-state index contributed by atoms with van der Waals surface area (Å²) < 4.78 is 18.5. The molecule has 0 saturated carbocycles. The van der Waals surface area contributed by atoms with E-state index in [1.54, 1.807) is 24.5 Å². The van der Waals surface area contributed by atoms with Crippen molar-refractivity contribution in [3.05, 3.63) is 53.6 Å². The average Bonchev–Trinajstić information content (AvgIpc) is 2.63. The van der Waals surface area contributed by atoms with Gasteiger partial charge in [0.15, 0.2) is 0 Å². The molecule has 1 aliphatic heterocycles. The molecule has 1 atom stereocenters. The molecule has 8 heteroatoms. The van der Waals surface area contributed by atoms with Crippen molar-refractivity contribution in [1.82, 2.24) is 15.3 Å². The minimum absolute atomic E-state index is 0. The molecule has 0 spiro atoms. The van der Waals surface area contributed by atoms with Gasteiger partial charge in [-0.15, -0.1) is 12.4 Å². The van der Waals surface area contributed by atoms with Crippen molar-refractivity contribution >= 4 is 18.4 Å². The minimum Gasteiger partial charge on any atom is -0.387 e. The number of nitrogens with one attached hydrogen (secondary N) is 1. The molecule has 0 radical (unpaired) electrons. The van der Waals surface area contributed by atoms with Gasteiger partial charge in [0.2, 0.25) is 5.95 Å². The van der Waals surface area contributed by atoms with Crippen LogP contribution in [0.15, 0.2) is 36.7 Å². The number of halogens is 2. The lowest BCUT2D eigenvalue weighted by Gasteiger charge is -2.26. The molecule has 1 saturated heterocycles. The van der Waals surface area contributed by atoms with E-state index in [-0.39, 0.29) is 18.2 Å². The lowest BCUT2D eigenvalue weighted by Crippen LogP contribution is -2.37. The summed E-state index contributed by atoms with van der Waals surface area (Å²) in [5.41, 5.74) is 1.49. The first-order valence-corrected chi connectivity index (χ1v) is 8.00. The van der Waals surface area contributed by atoms with Crippen LogP contribution in [0.1, 0.15) is 17.2 Å². The van der Waals surface area contributed by atoms with E-state index in [1.165, 1.54) is 12.1 Å². The Hall–Kier alpha value is -1.80. The van der Waals surface area contributed by atoms with Crippen LogP contribution in [-0.2, 0) is 11.3 Å². The van der Waals surface area contributed by atoms with Gasteiger partial charge in [-0.1, -0.05) is 12.1 Å². The summed E-state index contributed by atoms with van der Waals surface area (Å²) in [4.78, 5) is 10.8. The van der Waals surface area contributed by atoms with Crippen LogP contribution < -0.4 is 10.2 Å². The van der Waals surface area contributed by atoms with Crippen molar-refractivity contribution in [2.45, 2.75) is 12.6 Å². The number of morpholine rings is 1. The number of hydrogen-bond acceptors (Lipinski definition) is 6. The first kappa shape index (κ1) is 19.5. The molecule has 1 aliphatic rings. The zero-order valence-corrected chi connectivity index (χ0v) is 14.6. The molecule has 25 heavy (non-hydrogen) atoms. The Morgan fingerprint density at radius 1 is 1.24 bits per heavy atom. The summed E-state index contributed by atoms with van der Waals surface area (Å²) in [5, 5.41) is 13.2. The highest BCUT2D eigenvalue weighted by Gasteiger charge is 2.13. The van der Waals surface area contributed by atoms with E-state index in [0.29, 0.717) is 37.8 Å². The van der Waals surface area contributed by atoms with E-state index in [1.807, 2.05) is 0 Å². The number of aromatic nitrogens is 2. The van der Waals surface area contributed by atoms with Crippen molar-refractivity contribution in [1.29, 1.82) is 0 Å². The summed E-state index contributed by atoms with van der Waals surface area (Å²) in [7, 11) is 0. The van der Waals surface area contributed by atoms with Crippen molar-refractivity contribution in [2.24, 2.45) is 0 Å². The molecule has 0 amide bonds. The van der Waals surface area contributed by atoms with Crippen LogP contribution in [0.3, 0.4) is 0 Å². The van der Waals surface area contributed by atoms with E-state index < -0.39 is 6.10 Å². The summed E-state index contributed by atoms with van der Waals surface area (Å²) in [6.07, 6.45) is 2.80. The third kappa shape index (κ3) is 5.61. The standard InChI is InChI=1S/C17H21FN4O2.ClH/c18-15-3-1-2-14(8-15)16(23)12-19-9-13-10-20-17(21-11-13)22-4-6-24-7-5-22;/h1-3,8,10-11,16,19,23H,4-7,9,12H2;1H. The number of benzene rings is 1. The second-order valence-corrected chi connectivity index (χ2v) is 5.69. The van der Waals surface area contributed by atoms with Crippen LogP contribution >= 0.6 is 12.4 Å². The van der Waals surface area contributed by atoms with Crippen LogP contribution in [0, 0.1) is 5.82 Å². The molecule has 1 fully saturated rings. The fraction of sp³-hybridized carbons (Fsp3) is 0.412. The second kappa shape index (κ2) is 9.62. The summed E-state index contributed by atoms with van der Waals surface area (Å²) >= 11 is 0. The Labute approximate surface area is 152 Å². The monoisotopic (exact) mass is 368 g/mol. The number of aliphatic hydroxyl groups excluding tert-OH is 1. The molecule has 1 unspecified atom stereocenters. The molecular weight excluding hydrogens is 347 g/mol. The summed E-state index contributed by atoms with van der Waals surface area (Å²) in [5.74, 6) is 0.362. The van der Waals surface area contributed by atoms with Gasteiger partial charge in [-0.2, -0.15) is 0 Å². The van der Waals surface area contributed by atoms with Gasteiger partial charge in [0, 0.05) is 44.1 Å². The maximum absolute atomic E-state index is 13.1. The third-order valence-electron chi connectivity index (χ3n) is 3.89. The van der Waals surface area contributed by atoms with Gasteiger partial charge in [0.05, 0.1) is 19.3 Å². The van der Waals surface area contributed by atoms with E-state index in [9.17, 15) is 9.50 Å². The van der Waals surface area contributed by atoms with Gasteiger partial charge in [-0.05, 0) is 17.7 Å². The molecule has 136 valence electrons. The van der Waals surface area contributed by atoms with Gasteiger partial charge >= 0.3 is 0 Å². The zero-order valence-electron chi connectivity index (χ0n) is 13.8. The normalized spacial score (nSPS) is 15.5. The van der Waals surface area contributed by atoms with E-state index >= 15 is 0 Å². The van der Waals surface area contributed by atoms with Gasteiger partial charge in [-0.3, -0.25) is 0 Å². The molecule has 2 N–H and O–H groups in total. The van der Waals surface area contributed by atoms with Crippen LogP contribution in [0.4, 0.5) is 10.3 Å². The molecule has 0 bridgehead atoms. The van der Waals surface area contributed by atoms with Gasteiger partial charge < -0.3 is 20.1 Å². The number of ether oxygens (including phenoxy) is 1. The number of nitrogens with zero attached hydrogens (tertiary/aromatic N) is 3. The third-order valence-corrected chi connectivity index (χ3v) is 3.89. The Morgan fingerprint density at radius 2 is 1.96 bits per heavy atom. The predicted molar refractivity (Wildman–Crippen MR) is 95.4 cm³/mol. The molecule has 2 aromatic rings. The molecule has 2 heterocycles. The highest BCUT2D eigenvalue weighted by atomic mass is 35.5.